The lowest BCUT2D eigenvalue weighted by atomic mass is 10.1. The molecule has 0 spiro atoms. The molecule has 2 aromatic carbocycles. The van der Waals surface area contributed by atoms with E-state index < -0.39 is 6.04 Å². The summed E-state index contributed by atoms with van der Waals surface area (Å²) < 4.78 is 18.5. The van der Waals surface area contributed by atoms with Crippen molar-refractivity contribution in [2.24, 2.45) is 5.92 Å². The number of ether oxygens (including phenoxy) is 1. The van der Waals surface area contributed by atoms with E-state index in [2.05, 4.69) is 5.32 Å². The fourth-order valence-corrected chi connectivity index (χ4v) is 2.84. The molecule has 0 heterocycles. The van der Waals surface area contributed by atoms with Gasteiger partial charge in [-0.05, 0) is 30.7 Å². The molecule has 2 rings (SSSR count). The second-order valence-corrected chi connectivity index (χ2v) is 6.95. The predicted octanol–water partition coefficient (Wildman–Crippen LogP) is 3.52. The monoisotopic (exact) mass is 386 g/mol. The first-order valence-electron chi connectivity index (χ1n) is 9.28. The van der Waals surface area contributed by atoms with E-state index in [4.69, 9.17) is 4.74 Å². The average molecular weight is 386 g/mol. The molecule has 2 amide bonds. The molecular formula is C22H27FN2O3. The minimum atomic E-state index is -0.672. The predicted molar refractivity (Wildman–Crippen MR) is 106 cm³/mol. The number of benzene rings is 2. The maximum atomic E-state index is 13.2. The van der Waals surface area contributed by atoms with Gasteiger partial charge in [0.2, 0.25) is 11.8 Å². The first-order valence-corrected chi connectivity index (χ1v) is 9.28. The SMILES string of the molecule is COc1ccccc1CNC(=O)C(C)N(Cc1ccc(F)cc1)C(=O)C(C)C. The largest absolute Gasteiger partial charge is 0.496 e. The number of para-hydroxylation sites is 1. The van der Waals surface area contributed by atoms with Crippen LogP contribution in [0.1, 0.15) is 31.9 Å². The van der Waals surface area contributed by atoms with Crippen molar-refractivity contribution in [3.05, 3.63) is 65.5 Å². The molecule has 0 aliphatic heterocycles. The number of hydrogen-bond acceptors (Lipinski definition) is 3. The Bertz CT molecular complexity index is 806. The van der Waals surface area contributed by atoms with Gasteiger partial charge in [0.05, 0.1) is 7.11 Å². The highest BCUT2D eigenvalue weighted by atomic mass is 19.1. The number of methoxy groups -OCH3 is 1. The van der Waals surface area contributed by atoms with Crippen molar-refractivity contribution in [1.29, 1.82) is 0 Å². The topological polar surface area (TPSA) is 58.6 Å². The fraction of sp³-hybridized carbons (Fsp3) is 0.364. The highest BCUT2D eigenvalue weighted by Crippen LogP contribution is 2.18. The zero-order valence-electron chi connectivity index (χ0n) is 16.7. The Hall–Kier alpha value is -2.89. The molecule has 2 aromatic rings. The molecule has 0 radical (unpaired) electrons. The van der Waals surface area contributed by atoms with Crippen molar-refractivity contribution in [2.75, 3.05) is 7.11 Å². The summed E-state index contributed by atoms with van der Waals surface area (Å²) in [5, 5.41) is 2.87. The Kier molecular flexibility index (Phi) is 7.55. The van der Waals surface area contributed by atoms with E-state index >= 15 is 0 Å². The van der Waals surface area contributed by atoms with Gasteiger partial charge in [0, 0.05) is 24.6 Å². The summed E-state index contributed by atoms with van der Waals surface area (Å²) in [5.41, 5.74) is 1.62. The van der Waals surface area contributed by atoms with Gasteiger partial charge in [-0.1, -0.05) is 44.2 Å². The average Bonchev–Trinajstić information content (AvgIpc) is 2.70. The van der Waals surface area contributed by atoms with E-state index in [0.717, 1.165) is 11.1 Å². The number of hydrogen-bond donors (Lipinski definition) is 1. The number of carbonyl (C=O) groups is 2. The van der Waals surface area contributed by atoms with E-state index in [1.165, 1.54) is 17.0 Å². The van der Waals surface area contributed by atoms with Crippen LogP contribution in [0.5, 0.6) is 5.75 Å². The van der Waals surface area contributed by atoms with Crippen molar-refractivity contribution in [2.45, 2.75) is 39.9 Å². The van der Waals surface area contributed by atoms with Crippen molar-refractivity contribution >= 4 is 11.8 Å². The van der Waals surface area contributed by atoms with Gasteiger partial charge < -0.3 is 15.0 Å². The van der Waals surface area contributed by atoms with E-state index in [-0.39, 0.29) is 30.1 Å². The maximum absolute atomic E-state index is 13.2. The molecule has 28 heavy (non-hydrogen) atoms. The highest BCUT2D eigenvalue weighted by Gasteiger charge is 2.27. The van der Waals surface area contributed by atoms with Crippen molar-refractivity contribution in [1.82, 2.24) is 10.2 Å². The van der Waals surface area contributed by atoms with Crippen LogP contribution in [0.2, 0.25) is 0 Å². The summed E-state index contributed by atoms with van der Waals surface area (Å²) in [6, 6.07) is 12.7. The molecule has 1 unspecified atom stereocenters. The molecule has 6 heteroatoms. The Labute approximate surface area is 165 Å². The number of halogens is 1. The van der Waals surface area contributed by atoms with Gasteiger partial charge in [0.1, 0.15) is 17.6 Å². The molecule has 5 nitrogen and oxygen atoms in total. The van der Waals surface area contributed by atoms with Gasteiger partial charge in [-0.3, -0.25) is 9.59 Å². The second-order valence-electron chi connectivity index (χ2n) is 6.95. The van der Waals surface area contributed by atoms with Gasteiger partial charge in [0.15, 0.2) is 0 Å². The standard InChI is InChI=1S/C22H27FN2O3/c1-15(2)22(27)25(14-17-9-11-19(23)12-10-17)16(3)21(26)24-13-18-7-5-6-8-20(18)28-4/h5-12,15-16H,13-14H2,1-4H3,(H,24,26). The van der Waals surface area contributed by atoms with Gasteiger partial charge >= 0.3 is 0 Å². The third kappa shape index (κ3) is 5.55. The Morgan fingerprint density at radius 1 is 1.07 bits per heavy atom. The van der Waals surface area contributed by atoms with Gasteiger partial charge in [-0.15, -0.1) is 0 Å². The van der Waals surface area contributed by atoms with Crippen LogP contribution in [-0.4, -0.2) is 29.9 Å². The van der Waals surface area contributed by atoms with Crippen LogP contribution in [-0.2, 0) is 22.7 Å². The Morgan fingerprint density at radius 3 is 2.32 bits per heavy atom. The normalized spacial score (nSPS) is 11.8. The summed E-state index contributed by atoms with van der Waals surface area (Å²) >= 11 is 0. The molecule has 0 aliphatic rings. The molecule has 1 atom stereocenters. The number of rotatable bonds is 8. The Balaban J connectivity index is 2.11. The van der Waals surface area contributed by atoms with Gasteiger partial charge in [-0.25, -0.2) is 4.39 Å². The molecular weight excluding hydrogens is 359 g/mol. The second kappa shape index (κ2) is 9.88. The molecule has 1 N–H and O–H groups in total. The number of amides is 2. The maximum Gasteiger partial charge on any atom is 0.242 e. The number of nitrogens with one attached hydrogen (secondary N) is 1. The minimum absolute atomic E-state index is 0.135. The van der Waals surface area contributed by atoms with Crippen molar-refractivity contribution in [3.63, 3.8) is 0 Å². The summed E-state index contributed by atoms with van der Waals surface area (Å²) in [6.07, 6.45) is 0. The van der Waals surface area contributed by atoms with Crippen molar-refractivity contribution in [3.8, 4) is 5.75 Å². The van der Waals surface area contributed by atoms with Crippen LogP contribution >= 0.6 is 0 Å². The third-order valence-electron chi connectivity index (χ3n) is 4.54. The van der Waals surface area contributed by atoms with E-state index in [1.54, 1.807) is 40.0 Å². The molecule has 0 bridgehead atoms. The molecule has 0 aliphatic carbocycles. The van der Waals surface area contributed by atoms with E-state index in [0.29, 0.717) is 12.3 Å². The lowest BCUT2D eigenvalue weighted by Gasteiger charge is -2.30. The van der Waals surface area contributed by atoms with Crippen LogP contribution in [0.3, 0.4) is 0 Å². The summed E-state index contributed by atoms with van der Waals surface area (Å²) in [5.74, 6) is -0.304. The summed E-state index contributed by atoms with van der Waals surface area (Å²) in [7, 11) is 1.58. The quantitative estimate of drug-likeness (QED) is 0.755. The highest BCUT2D eigenvalue weighted by molar-refractivity contribution is 5.88. The third-order valence-corrected chi connectivity index (χ3v) is 4.54. The van der Waals surface area contributed by atoms with Gasteiger partial charge in [0.25, 0.3) is 0 Å². The molecule has 0 aromatic heterocycles. The fourth-order valence-electron chi connectivity index (χ4n) is 2.84. The zero-order valence-corrected chi connectivity index (χ0v) is 16.7. The first-order chi connectivity index (χ1) is 13.3. The Morgan fingerprint density at radius 2 is 1.71 bits per heavy atom. The molecule has 0 fully saturated rings. The number of nitrogens with zero attached hydrogens (tertiary/aromatic N) is 1. The smallest absolute Gasteiger partial charge is 0.242 e. The summed E-state index contributed by atoms with van der Waals surface area (Å²) in [4.78, 5) is 26.9. The van der Waals surface area contributed by atoms with Crippen LogP contribution in [0.4, 0.5) is 4.39 Å². The molecule has 150 valence electrons. The van der Waals surface area contributed by atoms with Crippen molar-refractivity contribution < 1.29 is 18.7 Å². The first kappa shape index (κ1) is 21.4. The van der Waals surface area contributed by atoms with Gasteiger partial charge in [-0.2, -0.15) is 0 Å². The lowest BCUT2D eigenvalue weighted by molar-refractivity contribution is -0.143. The van der Waals surface area contributed by atoms with Crippen LogP contribution in [0.25, 0.3) is 0 Å². The zero-order chi connectivity index (χ0) is 20.7. The van der Waals surface area contributed by atoms with Crippen LogP contribution < -0.4 is 10.1 Å². The molecule has 0 saturated carbocycles. The number of carbonyl (C=O) groups excluding carboxylic acids is 2. The molecule has 0 saturated heterocycles. The minimum Gasteiger partial charge on any atom is -0.496 e. The summed E-state index contributed by atoms with van der Waals surface area (Å²) in [6.45, 7) is 5.81. The lowest BCUT2D eigenvalue weighted by Crippen LogP contribution is -2.48. The van der Waals surface area contributed by atoms with Crippen LogP contribution in [0.15, 0.2) is 48.5 Å². The van der Waals surface area contributed by atoms with E-state index in [9.17, 15) is 14.0 Å². The van der Waals surface area contributed by atoms with E-state index in [1.807, 2.05) is 24.3 Å². The van der Waals surface area contributed by atoms with Crippen LogP contribution in [0, 0.1) is 11.7 Å².